The van der Waals surface area contributed by atoms with Gasteiger partial charge in [0.05, 0.1) is 29.5 Å². The molecular weight excluding hydrogens is 381 g/mol. The number of carbonyl (C=O) groups is 1. The minimum Gasteiger partial charge on any atom is -0.493 e. The Morgan fingerprint density at radius 1 is 1.07 bits per heavy atom. The van der Waals surface area contributed by atoms with E-state index in [1.54, 1.807) is 6.07 Å². The van der Waals surface area contributed by atoms with Crippen LogP contribution in [-0.2, 0) is 11.0 Å². The lowest BCUT2D eigenvalue weighted by Gasteiger charge is -2.31. The molecule has 4 nitrogen and oxygen atoms in total. The second kappa shape index (κ2) is 7.97. The van der Waals surface area contributed by atoms with Gasteiger partial charge in [-0.2, -0.15) is 13.2 Å². The largest absolute Gasteiger partial charge is 0.493 e. The molecule has 1 amide bonds. The second-order valence-electron chi connectivity index (χ2n) is 7.49. The molecule has 2 heterocycles. The van der Waals surface area contributed by atoms with Crippen molar-refractivity contribution in [3.05, 3.63) is 53.6 Å². The molecule has 1 atom stereocenters. The van der Waals surface area contributed by atoms with Gasteiger partial charge in [-0.1, -0.05) is 18.2 Å². The summed E-state index contributed by atoms with van der Waals surface area (Å²) >= 11 is 0. The van der Waals surface area contributed by atoms with Gasteiger partial charge in [0.2, 0.25) is 5.91 Å². The number of halogens is 3. The number of para-hydroxylation sites is 1. The third kappa shape index (κ3) is 4.18. The third-order valence-electron chi connectivity index (χ3n) is 5.55. The predicted molar refractivity (Wildman–Crippen MR) is 105 cm³/mol. The Hall–Kier alpha value is -2.70. The molecule has 0 saturated carbocycles. The van der Waals surface area contributed by atoms with Crippen LogP contribution in [0.25, 0.3) is 0 Å². The lowest BCUT2D eigenvalue weighted by molar-refractivity contribution is -0.137. The smallest absolute Gasteiger partial charge is 0.416 e. The van der Waals surface area contributed by atoms with Crippen molar-refractivity contribution in [1.29, 1.82) is 0 Å². The minimum atomic E-state index is -4.47. The van der Waals surface area contributed by atoms with E-state index in [4.69, 9.17) is 4.74 Å². The van der Waals surface area contributed by atoms with Crippen LogP contribution in [0, 0.1) is 0 Å². The van der Waals surface area contributed by atoms with Crippen LogP contribution in [0.4, 0.5) is 24.5 Å². The first-order valence-electron chi connectivity index (χ1n) is 9.92. The molecule has 29 heavy (non-hydrogen) atoms. The first-order chi connectivity index (χ1) is 13.9. The maximum Gasteiger partial charge on any atom is 0.416 e. The fraction of sp³-hybridized carbons (Fsp3) is 0.409. The molecule has 2 aromatic rings. The predicted octanol–water partition coefficient (Wildman–Crippen LogP) is 5.20. The molecule has 0 radical (unpaired) electrons. The number of amides is 1. The summed E-state index contributed by atoms with van der Waals surface area (Å²) in [6, 6.07) is 10.9. The first-order valence-corrected chi connectivity index (χ1v) is 9.92. The van der Waals surface area contributed by atoms with Crippen LogP contribution in [0.15, 0.2) is 42.5 Å². The monoisotopic (exact) mass is 404 g/mol. The third-order valence-corrected chi connectivity index (χ3v) is 5.55. The Morgan fingerprint density at radius 2 is 1.83 bits per heavy atom. The minimum absolute atomic E-state index is 0.218. The van der Waals surface area contributed by atoms with Gasteiger partial charge in [-0.3, -0.25) is 4.79 Å². The van der Waals surface area contributed by atoms with E-state index in [0.29, 0.717) is 24.5 Å². The summed E-state index contributed by atoms with van der Waals surface area (Å²) in [6.45, 7) is 1.94. The Kier molecular flexibility index (Phi) is 5.39. The molecule has 0 bridgehead atoms. The van der Waals surface area contributed by atoms with E-state index in [0.717, 1.165) is 50.0 Å². The summed E-state index contributed by atoms with van der Waals surface area (Å²) in [7, 11) is 0. The SMILES string of the molecule is O=C(Nc1cc(C(F)(F)F)ccc1N1CCCCC1)C1CCOc2ccccc21. The van der Waals surface area contributed by atoms with Crippen LogP contribution in [0.5, 0.6) is 5.75 Å². The number of ether oxygens (including phenoxy) is 1. The van der Waals surface area contributed by atoms with Crippen molar-refractivity contribution in [2.24, 2.45) is 0 Å². The van der Waals surface area contributed by atoms with Gasteiger partial charge in [0.1, 0.15) is 5.75 Å². The maximum atomic E-state index is 13.3. The molecule has 2 aliphatic rings. The van der Waals surface area contributed by atoms with E-state index in [9.17, 15) is 18.0 Å². The summed E-state index contributed by atoms with van der Waals surface area (Å²) in [6.07, 6.45) is -0.896. The first kappa shape index (κ1) is 19.6. The van der Waals surface area contributed by atoms with Gasteiger partial charge >= 0.3 is 6.18 Å². The van der Waals surface area contributed by atoms with Crippen molar-refractivity contribution in [3.63, 3.8) is 0 Å². The van der Waals surface area contributed by atoms with Gasteiger partial charge in [-0.05, 0) is 49.9 Å². The number of fused-ring (bicyclic) bond motifs is 1. The Morgan fingerprint density at radius 3 is 2.59 bits per heavy atom. The van der Waals surface area contributed by atoms with Gasteiger partial charge < -0.3 is 15.0 Å². The summed E-state index contributed by atoms with van der Waals surface area (Å²) in [4.78, 5) is 15.1. The van der Waals surface area contributed by atoms with Crippen LogP contribution in [-0.4, -0.2) is 25.6 Å². The quantitative estimate of drug-likeness (QED) is 0.765. The number of carbonyl (C=O) groups excluding carboxylic acids is 1. The second-order valence-corrected chi connectivity index (χ2v) is 7.49. The number of benzene rings is 2. The summed E-state index contributed by atoms with van der Waals surface area (Å²) in [5.41, 5.74) is 0.866. The fourth-order valence-electron chi connectivity index (χ4n) is 4.06. The molecule has 0 spiro atoms. The molecule has 2 aromatic carbocycles. The summed E-state index contributed by atoms with van der Waals surface area (Å²) < 4.78 is 45.5. The number of piperidine rings is 1. The Balaban J connectivity index is 1.65. The van der Waals surface area contributed by atoms with Crippen molar-refractivity contribution >= 4 is 17.3 Å². The molecule has 1 N–H and O–H groups in total. The van der Waals surface area contributed by atoms with Crippen molar-refractivity contribution in [2.75, 3.05) is 29.9 Å². The molecule has 1 fully saturated rings. The lowest BCUT2D eigenvalue weighted by Crippen LogP contribution is -2.32. The van der Waals surface area contributed by atoms with Crippen LogP contribution in [0.2, 0.25) is 0 Å². The van der Waals surface area contributed by atoms with Crippen molar-refractivity contribution in [3.8, 4) is 5.75 Å². The van der Waals surface area contributed by atoms with Crippen LogP contribution in [0.1, 0.15) is 42.7 Å². The van der Waals surface area contributed by atoms with E-state index >= 15 is 0 Å². The van der Waals surface area contributed by atoms with Crippen molar-refractivity contribution in [1.82, 2.24) is 0 Å². The molecular formula is C22H23F3N2O2. The van der Waals surface area contributed by atoms with Crippen LogP contribution >= 0.6 is 0 Å². The van der Waals surface area contributed by atoms with Crippen LogP contribution in [0.3, 0.4) is 0 Å². The number of hydrogen-bond donors (Lipinski definition) is 1. The molecule has 1 saturated heterocycles. The molecule has 4 rings (SSSR count). The highest BCUT2D eigenvalue weighted by molar-refractivity contribution is 5.99. The topological polar surface area (TPSA) is 41.6 Å². The van der Waals surface area contributed by atoms with E-state index in [1.165, 1.54) is 6.07 Å². The zero-order chi connectivity index (χ0) is 20.4. The highest BCUT2D eigenvalue weighted by atomic mass is 19.4. The number of nitrogens with one attached hydrogen (secondary N) is 1. The van der Waals surface area contributed by atoms with E-state index < -0.39 is 17.7 Å². The Bertz CT molecular complexity index is 892. The zero-order valence-electron chi connectivity index (χ0n) is 16.0. The number of alkyl halides is 3. The van der Waals surface area contributed by atoms with Gasteiger partial charge in [-0.25, -0.2) is 0 Å². The molecule has 2 aliphatic heterocycles. The molecule has 0 aromatic heterocycles. The Labute approximate surface area is 167 Å². The molecule has 7 heteroatoms. The normalized spacial score (nSPS) is 19.3. The van der Waals surface area contributed by atoms with E-state index in [-0.39, 0.29) is 11.6 Å². The average Bonchev–Trinajstić information content (AvgIpc) is 2.73. The summed E-state index contributed by atoms with van der Waals surface area (Å²) in [5, 5.41) is 2.79. The lowest BCUT2D eigenvalue weighted by atomic mass is 9.92. The maximum absolute atomic E-state index is 13.3. The number of anilines is 2. The molecule has 1 unspecified atom stereocenters. The van der Waals surface area contributed by atoms with Gasteiger partial charge in [0.15, 0.2) is 0 Å². The highest BCUT2D eigenvalue weighted by Gasteiger charge is 2.33. The van der Waals surface area contributed by atoms with Gasteiger partial charge in [-0.15, -0.1) is 0 Å². The van der Waals surface area contributed by atoms with E-state index in [2.05, 4.69) is 10.2 Å². The number of rotatable bonds is 3. The standard InChI is InChI=1S/C22H23F3N2O2/c23-22(24,25)15-8-9-19(27-11-4-1-5-12-27)18(14-15)26-21(28)17-10-13-29-20-7-3-2-6-16(17)20/h2-3,6-9,14,17H,1,4-5,10-13H2,(H,26,28). The fourth-order valence-corrected chi connectivity index (χ4v) is 4.06. The van der Waals surface area contributed by atoms with Crippen molar-refractivity contribution in [2.45, 2.75) is 37.8 Å². The number of hydrogen-bond acceptors (Lipinski definition) is 3. The van der Waals surface area contributed by atoms with Crippen molar-refractivity contribution < 1.29 is 22.7 Å². The van der Waals surface area contributed by atoms with Gasteiger partial charge in [0.25, 0.3) is 0 Å². The highest BCUT2D eigenvalue weighted by Crippen LogP contribution is 2.38. The van der Waals surface area contributed by atoms with Crippen LogP contribution < -0.4 is 15.0 Å². The zero-order valence-corrected chi connectivity index (χ0v) is 16.0. The molecule has 0 aliphatic carbocycles. The number of nitrogens with zero attached hydrogens (tertiary/aromatic N) is 1. The molecule has 154 valence electrons. The van der Waals surface area contributed by atoms with E-state index in [1.807, 2.05) is 18.2 Å². The van der Waals surface area contributed by atoms with Gasteiger partial charge in [0, 0.05) is 18.7 Å². The summed E-state index contributed by atoms with van der Waals surface area (Å²) in [5.74, 6) is -0.110. The average molecular weight is 404 g/mol.